The minimum Gasteiger partial charge on any atom is -0.370 e. The van der Waals surface area contributed by atoms with E-state index in [1.165, 1.54) is 22.8 Å². The van der Waals surface area contributed by atoms with Crippen molar-refractivity contribution in [1.29, 1.82) is 0 Å². The summed E-state index contributed by atoms with van der Waals surface area (Å²) in [6, 6.07) is 10.7. The Hall–Kier alpha value is -2.25. The summed E-state index contributed by atoms with van der Waals surface area (Å²) >= 11 is 2.01. The van der Waals surface area contributed by atoms with Gasteiger partial charge in [-0.15, -0.1) is 0 Å². The van der Waals surface area contributed by atoms with Crippen LogP contribution in [0.3, 0.4) is 0 Å². The van der Waals surface area contributed by atoms with Crippen molar-refractivity contribution in [2.75, 3.05) is 54.4 Å². The molecule has 0 spiro atoms. The molecule has 2 amide bonds. The van der Waals surface area contributed by atoms with Crippen LogP contribution in [0.5, 0.6) is 0 Å². The number of benzene rings is 1. The lowest BCUT2D eigenvalue weighted by Crippen LogP contribution is -2.46. The van der Waals surface area contributed by atoms with Crippen molar-refractivity contribution >= 4 is 29.2 Å². The Bertz CT molecular complexity index is 848. The van der Waals surface area contributed by atoms with Gasteiger partial charge in [-0.25, -0.2) is 4.79 Å². The number of carbonyl (C=O) groups is 1. The van der Waals surface area contributed by atoms with E-state index in [0.29, 0.717) is 0 Å². The number of nitrogens with one attached hydrogen (secondary N) is 2. The topological polar surface area (TPSA) is 60.5 Å². The molecule has 4 rings (SSSR count). The fraction of sp³-hybridized carbons (Fsp3) is 0.500. The number of anilines is 2. The van der Waals surface area contributed by atoms with Crippen LogP contribution in [0.1, 0.15) is 24.0 Å². The number of carbonyl (C=O) groups excluding carboxylic acids is 1. The third kappa shape index (κ3) is 6.37. The third-order valence-electron chi connectivity index (χ3n) is 6.22. The summed E-state index contributed by atoms with van der Waals surface area (Å²) in [4.78, 5) is 21.5. The van der Waals surface area contributed by atoms with Gasteiger partial charge >= 0.3 is 6.03 Å². The lowest BCUT2D eigenvalue weighted by Gasteiger charge is -2.32. The van der Waals surface area contributed by atoms with E-state index in [1.807, 2.05) is 30.2 Å². The predicted octanol–water partition coefficient (Wildman–Crippen LogP) is 3.77. The van der Waals surface area contributed by atoms with Crippen LogP contribution >= 0.6 is 11.8 Å². The third-order valence-corrected chi connectivity index (χ3v) is 7.17. The van der Waals surface area contributed by atoms with Crippen LogP contribution in [0.15, 0.2) is 42.7 Å². The van der Waals surface area contributed by atoms with Crippen LogP contribution in [0, 0.1) is 6.92 Å². The molecule has 1 aromatic heterocycles. The maximum atomic E-state index is 12.6. The van der Waals surface area contributed by atoms with E-state index in [4.69, 9.17) is 0 Å². The molecule has 0 bridgehead atoms. The van der Waals surface area contributed by atoms with Gasteiger partial charge in [0, 0.05) is 74.0 Å². The Kier molecular flexibility index (Phi) is 7.70. The largest absolute Gasteiger partial charge is 0.370 e. The maximum Gasteiger partial charge on any atom is 0.319 e. The molecule has 1 aromatic carbocycles. The van der Waals surface area contributed by atoms with Crippen molar-refractivity contribution in [2.45, 2.75) is 32.2 Å². The summed E-state index contributed by atoms with van der Waals surface area (Å²) in [6.45, 7) is 7.37. The lowest BCUT2D eigenvalue weighted by atomic mass is 10.0. The molecule has 31 heavy (non-hydrogen) atoms. The van der Waals surface area contributed by atoms with Crippen LogP contribution in [-0.2, 0) is 6.42 Å². The number of urea groups is 1. The van der Waals surface area contributed by atoms with Crippen molar-refractivity contribution in [1.82, 2.24) is 15.2 Å². The molecule has 2 aliphatic heterocycles. The fourth-order valence-corrected chi connectivity index (χ4v) is 5.19. The number of amides is 2. The highest BCUT2D eigenvalue weighted by atomic mass is 32.2. The number of rotatable bonds is 6. The fourth-order valence-electron chi connectivity index (χ4n) is 4.29. The van der Waals surface area contributed by atoms with Gasteiger partial charge in [-0.2, -0.15) is 11.8 Å². The van der Waals surface area contributed by atoms with Crippen molar-refractivity contribution < 1.29 is 4.79 Å². The summed E-state index contributed by atoms with van der Waals surface area (Å²) in [7, 11) is 0. The molecular formula is C24H33N5OS. The molecule has 0 aliphatic carbocycles. The molecule has 2 fully saturated rings. The van der Waals surface area contributed by atoms with E-state index in [-0.39, 0.29) is 12.1 Å². The first-order chi connectivity index (χ1) is 15.2. The number of aryl methyl sites for hydroxylation is 1. The first kappa shape index (κ1) is 22.0. The van der Waals surface area contributed by atoms with Crippen LogP contribution in [0.4, 0.5) is 16.2 Å². The number of piperidine rings is 1. The zero-order valence-corrected chi connectivity index (χ0v) is 19.2. The molecule has 2 aliphatic rings. The Morgan fingerprint density at radius 1 is 1.10 bits per heavy atom. The quantitative estimate of drug-likeness (QED) is 0.718. The molecule has 3 heterocycles. The zero-order valence-electron chi connectivity index (χ0n) is 18.3. The Balaban J connectivity index is 1.20. The minimum absolute atomic E-state index is 0.0968. The predicted molar refractivity (Wildman–Crippen MR) is 130 cm³/mol. The molecule has 0 unspecified atom stereocenters. The van der Waals surface area contributed by atoms with E-state index in [1.54, 1.807) is 0 Å². The van der Waals surface area contributed by atoms with Gasteiger partial charge in [0.2, 0.25) is 0 Å². The van der Waals surface area contributed by atoms with Gasteiger partial charge in [0.1, 0.15) is 0 Å². The van der Waals surface area contributed by atoms with Crippen molar-refractivity contribution in [3.05, 3.63) is 53.9 Å². The highest BCUT2D eigenvalue weighted by molar-refractivity contribution is 7.99. The highest BCUT2D eigenvalue weighted by Crippen LogP contribution is 2.25. The van der Waals surface area contributed by atoms with E-state index in [2.05, 4.69) is 56.6 Å². The van der Waals surface area contributed by atoms with Crippen LogP contribution in [0.25, 0.3) is 0 Å². The summed E-state index contributed by atoms with van der Waals surface area (Å²) < 4.78 is 0. The second-order valence-corrected chi connectivity index (χ2v) is 9.64. The number of pyridine rings is 1. The number of hydrogen-bond donors (Lipinski definition) is 2. The SMILES string of the molecule is Cc1cc(N2CCSCC2)ccc1NC(=O)NC1CCN(CCc2ccncc2)CC1. The summed E-state index contributed by atoms with van der Waals surface area (Å²) in [5.74, 6) is 2.37. The average molecular weight is 440 g/mol. The van der Waals surface area contributed by atoms with E-state index in [9.17, 15) is 4.79 Å². The first-order valence-corrected chi connectivity index (χ1v) is 12.4. The Morgan fingerprint density at radius 3 is 2.55 bits per heavy atom. The summed E-state index contributed by atoms with van der Waals surface area (Å²) in [6.07, 6.45) is 6.74. The number of aromatic nitrogens is 1. The smallest absolute Gasteiger partial charge is 0.319 e. The number of thioether (sulfide) groups is 1. The second kappa shape index (κ2) is 10.9. The second-order valence-electron chi connectivity index (χ2n) is 8.42. The molecular weight excluding hydrogens is 406 g/mol. The van der Waals surface area contributed by atoms with E-state index >= 15 is 0 Å². The zero-order chi connectivity index (χ0) is 21.5. The van der Waals surface area contributed by atoms with Gasteiger partial charge in [0.25, 0.3) is 0 Å². The van der Waals surface area contributed by atoms with Gasteiger partial charge in [0.05, 0.1) is 0 Å². The molecule has 6 nitrogen and oxygen atoms in total. The van der Waals surface area contributed by atoms with Crippen molar-refractivity contribution in [3.63, 3.8) is 0 Å². The van der Waals surface area contributed by atoms with Crippen molar-refractivity contribution in [3.8, 4) is 0 Å². The molecule has 2 N–H and O–H groups in total. The molecule has 7 heteroatoms. The lowest BCUT2D eigenvalue weighted by molar-refractivity contribution is 0.197. The number of nitrogens with zero attached hydrogens (tertiary/aromatic N) is 3. The maximum absolute atomic E-state index is 12.6. The van der Waals surface area contributed by atoms with Gasteiger partial charge in [-0.05, 0) is 67.6 Å². The van der Waals surface area contributed by atoms with Gasteiger partial charge in [-0.3, -0.25) is 4.98 Å². The summed E-state index contributed by atoms with van der Waals surface area (Å²) in [5.41, 5.74) is 4.58. The van der Waals surface area contributed by atoms with Crippen molar-refractivity contribution in [2.24, 2.45) is 0 Å². The average Bonchev–Trinajstić information content (AvgIpc) is 2.81. The highest BCUT2D eigenvalue weighted by Gasteiger charge is 2.21. The van der Waals surface area contributed by atoms with Crippen LogP contribution in [0.2, 0.25) is 0 Å². The van der Waals surface area contributed by atoms with Crippen LogP contribution in [-0.4, -0.2) is 66.2 Å². The molecule has 2 saturated heterocycles. The van der Waals surface area contributed by atoms with E-state index < -0.39 is 0 Å². The molecule has 2 aromatic rings. The number of likely N-dealkylation sites (tertiary alicyclic amines) is 1. The monoisotopic (exact) mass is 439 g/mol. The standard InChI is InChI=1S/C24H33N5OS/c1-19-18-22(29-14-16-31-17-15-29)2-3-23(19)27-24(30)26-21-7-12-28(13-8-21)11-6-20-4-9-25-10-5-20/h2-5,9-10,18,21H,6-8,11-17H2,1H3,(H2,26,27,30). The van der Waals surface area contributed by atoms with Gasteiger partial charge in [-0.1, -0.05) is 0 Å². The molecule has 166 valence electrons. The Labute approximate surface area is 189 Å². The van der Waals surface area contributed by atoms with Crippen LogP contribution < -0.4 is 15.5 Å². The first-order valence-electron chi connectivity index (χ1n) is 11.3. The molecule has 0 radical (unpaired) electrons. The molecule has 0 saturated carbocycles. The normalized spacial score (nSPS) is 18.0. The number of hydrogen-bond acceptors (Lipinski definition) is 5. The van der Waals surface area contributed by atoms with Gasteiger partial charge < -0.3 is 20.4 Å². The Morgan fingerprint density at radius 2 is 1.84 bits per heavy atom. The minimum atomic E-state index is -0.0968. The van der Waals surface area contributed by atoms with Gasteiger partial charge in [0.15, 0.2) is 0 Å². The van der Waals surface area contributed by atoms with E-state index in [0.717, 1.165) is 63.2 Å². The molecule has 0 atom stereocenters. The summed E-state index contributed by atoms with van der Waals surface area (Å²) in [5, 5.41) is 6.22.